The van der Waals surface area contributed by atoms with Gasteiger partial charge in [0.05, 0.1) is 23.9 Å². The van der Waals surface area contributed by atoms with E-state index in [9.17, 15) is 15.0 Å². The molecule has 2 heterocycles. The normalized spacial score (nSPS) is 33.8. The van der Waals surface area contributed by atoms with Crippen LogP contribution in [-0.4, -0.2) is 66.9 Å². The van der Waals surface area contributed by atoms with Crippen LogP contribution in [-0.2, 0) is 0 Å². The largest absolute Gasteiger partial charge is 0.388 e. The predicted molar refractivity (Wildman–Crippen MR) is 89.9 cm³/mol. The number of aromatic nitrogens is 3. The Morgan fingerprint density at radius 3 is 2.67 bits per heavy atom. The van der Waals surface area contributed by atoms with Gasteiger partial charge in [0, 0.05) is 19.1 Å². The van der Waals surface area contributed by atoms with Crippen molar-refractivity contribution in [1.29, 1.82) is 0 Å². The lowest BCUT2D eigenvalue weighted by Crippen LogP contribution is -2.55. The lowest BCUT2D eigenvalue weighted by Gasteiger charge is -2.39. The molecule has 4 N–H and O–H groups in total. The van der Waals surface area contributed by atoms with Crippen molar-refractivity contribution in [3.05, 3.63) is 11.9 Å². The first-order valence-corrected chi connectivity index (χ1v) is 8.24. The topological polar surface area (TPSA) is 118 Å². The van der Waals surface area contributed by atoms with Crippen LogP contribution in [0.4, 0.5) is 0 Å². The minimum absolute atomic E-state index is 0. The number of amides is 1. The van der Waals surface area contributed by atoms with Gasteiger partial charge in [0.15, 0.2) is 5.69 Å². The quantitative estimate of drug-likeness (QED) is 0.689. The summed E-state index contributed by atoms with van der Waals surface area (Å²) in [6, 6.07) is 0.509. The summed E-state index contributed by atoms with van der Waals surface area (Å²) in [4.78, 5) is 14.0. The smallest absolute Gasteiger partial charge is 0.276 e. The number of aliphatic hydroxyl groups excluding tert-OH is 1. The summed E-state index contributed by atoms with van der Waals surface area (Å²) in [5, 5.41) is 28.0. The van der Waals surface area contributed by atoms with Crippen molar-refractivity contribution >= 4 is 18.3 Å². The van der Waals surface area contributed by atoms with E-state index in [1.807, 2.05) is 0 Å². The molecule has 136 valence electrons. The van der Waals surface area contributed by atoms with Gasteiger partial charge in [-0.1, -0.05) is 5.21 Å². The number of nitrogens with two attached hydrogens (primary N) is 1. The van der Waals surface area contributed by atoms with E-state index in [1.165, 1.54) is 4.90 Å². The second-order valence-corrected chi connectivity index (χ2v) is 7.03. The molecule has 1 saturated carbocycles. The summed E-state index contributed by atoms with van der Waals surface area (Å²) in [6.45, 7) is 2.09. The number of carbonyl (C=O) groups excluding carboxylic acids is 1. The molecule has 2 fully saturated rings. The molecule has 1 saturated heterocycles. The van der Waals surface area contributed by atoms with Gasteiger partial charge in [-0.2, -0.15) is 0 Å². The van der Waals surface area contributed by atoms with Crippen LogP contribution in [0.5, 0.6) is 0 Å². The molecule has 1 aliphatic carbocycles. The number of halogens is 1. The zero-order valence-corrected chi connectivity index (χ0v) is 14.7. The fraction of sp³-hybridized carbons (Fsp3) is 0.800. The molecule has 0 spiro atoms. The molecular formula is C15H26ClN5O3. The highest BCUT2D eigenvalue weighted by atomic mass is 35.5. The van der Waals surface area contributed by atoms with Gasteiger partial charge in [-0.3, -0.25) is 4.79 Å². The zero-order valence-electron chi connectivity index (χ0n) is 13.8. The molecule has 9 heteroatoms. The lowest BCUT2D eigenvalue weighted by molar-refractivity contribution is -0.0999. The van der Waals surface area contributed by atoms with Gasteiger partial charge in [0.1, 0.15) is 0 Å². The maximum absolute atomic E-state index is 12.5. The minimum atomic E-state index is -1.14. The molecular weight excluding hydrogens is 334 g/mol. The molecule has 2 atom stereocenters. The van der Waals surface area contributed by atoms with Gasteiger partial charge >= 0.3 is 0 Å². The van der Waals surface area contributed by atoms with Crippen LogP contribution in [0, 0.1) is 0 Å². The van der Waals surface area contributed by atoms with E-state index in [2.05, 4.69) is 10.3 Å². The molecule has 1 aromatic rings. The second kappa shape index (κ2) is 7.35. The highest BCUT2D eigenvalue weighted by molar-refractivity contribution is 5.92. The van der Waals surface area contributed by atoms with Crippen molar-refractivity contribution in [1.82, 2.24) is 19.9 Å². The Labute approximate surface area is 147 Å². The third kappa shape index (κ3) is 3.88. The van der Waals surface area contributed by atoms with Crippen LogP contribution in [0.1, 0.15) is 55.6 Å². The second-order valence-electron chi connectivity index (χ2n) is 7.03. The number of piperidine rings is 1. The number of likely N-dealkylation sites (tertiary alicyclic amines) is 1. The highest BCUT2D eigenvalue weighted by Crippen LogP contribution is 2.27. The molecule has 0 aromatic carbocycles. The Balaban J connectivity index is 0.00000208. The molecule has 1 aliphatic heterocycles. The highest BCUT2D eigenvalue weighted by Gasteiger charge is 2.38. The van der Waals surface area contributed by atoms with E-state index < -0.39 is 11.7 Å². The van der Waals surface area contributed by atoms with Crippen molar-refractivity contribution in [2.75, 3.05) is 13.1 Å². The summed E-state index contributed by atoms with van der Waals surface area (Å²) in [6.07, 6.45) is 4.89. The van der Waals surface area contributed by atoms with E-state index in [4.69, 9.17) is 5.73 Å². The van der Waals surface area contributed by atoms with Crippen LogP contribution < -0.4 is 5.73 Å². The summed E-state index contributed by atoms with van der Waals surface area (Å²) in [7, 11) is 0. The summed E-state index contributed by atoms with van der Waals surface area (Å²) >= 11 is 0. The average Bonchev–Trinajstić information content (AvgIpc) is 3.00. The Morgan fingerprint density at radius 1 is 1.38 bits per heavy atom. The number of carbonyl (C=O) groups is 1. The van der Waals surface area contributed by atoms with E-state index in [1.54, 1.807) is 17.8 Å². The Morgan fingerprint density at radius 2 is 2.04 bits per heavy atom. The molecule has 1 amide bonds. The van der Waals surface area contributed by atoms with Gasteiger partial charge in [0.2, 0.25) is 0 Å². The molecule has 3 rings (SSSR count). The fourth-order valence-corrected chi connectivity index (χ4v) is 3.29. The molecule has 0 unspecified atom stereocenters. The van der Waals surface area contributed by atoms with Crippen molar-refractivity contribution in [3.63, 3.8) is 0 Å². The van der Waals surface area contributed by atoms with Crippen molar-refractivity contribution in [2.45, 2.75) is 62.8 Å². The van der Waals surface area contributed by atoms with E-state index in [0.29, 0.717) is 13.0 Å². The van der Waals surface area contributed by atoms with E-state index >= 15 is 0 Å². The van der Waals surface area contributed by atoms with Gasteiger partial charge in [-0.15, -0.1) is 17.5 Å². The number of hydrogen-bond donors (Lipinski definition) is 3. The van der Waals surface area contributed by atoms with Crippen molar-refractivity contribution in [3.8, 4) is 0 Å². The standard InChI is InChI=1S/C15H25N5O3.ClH/c1-15(23)6-7-19(9-13(15)21)14(22)12-8-20(18-17-12)11-4-2-10(16)3-5-11;/h8,10-11,13,21,23H,2-7,9,16H2,1H3;1H/t10?,11?,13-,15-;/m0./s1. The number of nitrogens with zero attached hydrogens (tertiary/aromatic N) is 4. The van der Waals surface area contributed by atoms with Crippen LogP contribution in [0.2, 0.25) is 0 Å². The van der Waals surface area contributed by atoms with Crippen LogP contribution in [0.15, 0.2) is 6.20 Å². The minimum Gasteiger partial charge on any atom is -0.388 e. The number of hydrogen-bond acceptors (Lipinski definition) is 6. The summed E-state index contributed by atoms with van der Waals surface area (Å²) < 4.78 is 1.76. The summed E-state index contributed by atoms with van der Waals surface area (Å²) in [5.41, 5.74) is 5.05. The Hall–Kier alpha value is -1.22. The van der Waals surface area contributed by atoms with Gasteiger partial charge in [-0.05, 0) is 39.0 Å². The number of aliphatic hydroxyl groups is 2. The van der Waals surface area contributed by atoms with Crippen LogP contribution in [0.3, 0.4) is 0 Å². The Kier molecular flexibility index (Phi) is 5.85. The monoisotopic (exact) mass is 359 g/mol. The zero-order chi connectivity index (χ0) is 16.6. The third-order valence-electron chi connectivity index (χ3n) is 5.13. The van der Waals surface area contributed by atoms with Crippen LogP contribution in [0.25, 0.3) is 0 Å². The Bertz CT molecular complexity index is 571. The third-order valence-corrected chi connectivity index (χ3v) is 5.13. The molecule has 0 bridgehead atoms. The first kappa shape index (κ1) is 19.1. The predicted octanol–water partition coefficient (Wildman–Crippen LogP) is 0.100. The SMILES string of the molecule is C[C@]1(O)CCN(C(=O)c2cn(C3CCC(N)CC3)nn2)C[C@@H]1O.Cl. The summed E-state index contributed by atoms with van der Waals surface area (Å²) in [5.74, 6) is -0.252. The number of β-amino-alcohol motifs (C(OH)–C–C–N with tert-alkyl or cyclic N) is 1. The molecule has 0 radical (unpaired) electrons. The maximum atomic E-state index is 12.5. The van der Waals surface area contributed by atoms with E-state index in [0.717, 1.165) is 25.7 Å². The first-order chi connectivity index (χ1) is 10.9. The first-order valence-electron chi connectivity index (χ1n) is 8.24. The molecule has 24 heavy (non-hydrogen) atoms. The van der Waals surface area contributed by atoms with Crippen LogP contribution >= 0.6 is 12.4 Å². The lowest BCUT2D eigenvalue weighted by atomic mass is 9.90. The molecule has 8 nitrogen and oxygen atoms in total. The van der Waals surface area contributed by atoms with E-state index in [-0.39, 0.29) is 42.6 Å². The molecule has 1 aromatic heterocycles. The molecule has 2 aliphatic rings. The fourth-order valence-electron chi connectivity index (χ4n) is 3.29. The van der Waals surface area contributed by atoms with Crippen molar-refractivity contribution in [2.24, 2.45) is 5.73 Å². The average molecular weight is 360 g/mol. The van der Waals surface area contributed by atoms with Gasteiger partial charge in [0.25, 0.3) is 5.91 Å². The van der Waals surface area contributed by atoms with Gasteiger partial charge < -0.3 is 20.8 Å². The van der Waals surface area contributed by atoms with Gasteiger partial charge in [-0.25, -0.2) is 4.68 Å². The number of rotatable bonds is 2. The maximum Gasteiger partial charge on any atom is 0.276 e. The van der Waals surface area contributed by atoms with Crippen molar-refractivity contribution < 1.29 is 15.0 Å².